The van der Waals surface area contributed by atoms with Crippen molar-refractivity contribution >= 4 is 0 Å². The van der Waals surface area contributed by atoms with Gasteiger partial charge in [-0.1, -0.05) is 0 Å². The van der Waals surface area contributed by atoms with Crippen LogP contribution < -0.4 is 0 Å². The molecule has 0 amide bonds. The molecule has 1 aliphatic heterocycles. The molecule has 1 aromatic heterocycles. The summed E-state index contributed by atoms with van der Waals surface area (Å²) in [5.41, 5.74) is 0. The van der Waals surface area contributed by atoms with Crippen LogP contribution in [0.5, 0.6) is 0 Å². The first-order valence-electron chi connectivity index (χ1n) is 3.44. The molecular weight excluding hydrogens is 128 g/mol. The van der Waals surface area contributed by atoms with Gasteiger partial charge in [0.05, 0.1) is 31.4 Å². The van der Waals surface area contributed by atoms with Crippen LogP contribution in [0.25, 0.3) is 0 Å². The van der Waals surface area contributed by atoms with Crippen LogP contribution >= 0.6 is 0 Å². The molecule has 0 N–H and O–H groups in total. The van der Waals surface area contributed by atoms with Crippen LogP contribution in [-0.4, -0.2) is 22.3 Å². The Hall–Kier alpha value is -0.830. The van der Waals surface area contributed by atoms with E-state index in [0.717, 1.165) is 13.2 Å². The average Bonchev–Trinajstić information content (AvgIpc) is 2.29. The Morgan fingerprint density at radius 1 is 1.80 bits per heavy atom. The minimum Gasteiger partial charge on any atom is -0.376 e. The molecule has 1 aromatic rings. The number of hydrogen-bond donors (Lipinski definition) is 0. The van der Waals surface area contributed by atoms with Crippen molar-refractivity contribution in [3.8, 4) is 0 Å². The average molecular weight is 137 g/mol. The molecule has 0 saturated carbocycles. The van der Waals surface area contributed by atoms with Gasteiger partial charge in [-0.2, -0.15) is 0 Å². The minimum absolute atomic E-state index is 0.408. The van der Waals surface area contributed by atoms with Crippen LogP contribution in [0.3, 0.4) is 0 Å². The van der Waals surface area contributed by atoms with Gasteiger partial charge in [0.2, 0.25) is 0 Å². The van der Waals surface area contributed by atoms with Gasteiger partial charge in [0, 0.05) is 6.61 Å². The summed E-state index contributed by atoms with van der Waals surface area (Å²) >= 11 is 0. The van der Waals surface area contributed by atoms with Gasteiger partial charge >= 0.3 is 0 Å². The highest BCUT2D eigenvalue weighted by atomic mass is 16.5. The second kappa shape index (κ2) is 2.42. The zero-order valence-electron chi connectivity index (χ0n) is 5.66. The quantitative estimate of drug-likeness (QED) is 0.592. The lowest BCUT2D eigenvalue weighted by Gasteiger charge is -2.26. The SMILES string of the molecule is [c]1cncn1CC1CCO1. The van der Waals surface area contributed by atoms with Gasteiger partial charge in [-0.05, 0) is 6.42 Å². The molecule has 0 aliphatic carbocycles. The summed E-state index contributed by atoms with van der Waals surface area (Å²) in [5, 5.41) is 0. The number of nitrogens with zero attached hydrogens (tertiary/aromatic N) is 2. The molecule has 0 bridgehead atoms. The largest absolute Gasteiger partial charge is 0.376 e. The lowest BCUT2D eigenvalue weighted by atomic mass is 10.2. The van der Waals surface area contributed by atoms with E-state index in [1.807, 2.05) is 4.57 Å². The van der Waals surface area contributed by atoms with Gasteiger partial charge < -0.3 is 9.30 Å². The Morgan fingerprint density at radius 2 is 2.70 bits per heavy atom. The molecule has 1 unspecified atom stereocenters. The first-order chi connectivity index (χ1) is 4.95. The molecular formula is C7H9N2O. The number of ether oxygens (including phenoxy) is 1. The van der Waals surface area contributed by atoms with Crippen molar-refractivity contribution in [1.29, 1.82) is 0 Å². The van der Waals surface area contributed by atoms with Crippen LogP contribution in [0.1, 0.15) is 6.42 Å². The maximum Gasteiger partial charge on any atom is 0.0952 e. The lowest BCUT2D eigenvalue weighted by molar-refractivity contribution is -0.0593. The van der Waals surface area contributed by atoms with Crippen LogP contribution in [-0.2, 0) is 11.3 Å². The van der Waals surface area contributed by atoms with E-state index in [1.54, 1.807) is 12.5 Å². The Kier molecular flexibility index (Phi) is 1.43. The molecule has 3 heteroatoms. The van der Waals surface area contributed by atoms with Crippen LogP contribution in [0, 0.1) is 6.20 Å². The summed E-state index contributed by atoms with van der Waals surface area (Å²) in [4.78, 5) is 3.89. The van der Waals surface area contributed by atoms with Crippen molar-refractivity contribution in [3.05, 3.63) is 18.7 Å². The van der Waals surface area contributed by atoms with Crippen molar-refractivity contribution in [2.45, 2.75) is 19.1 Å². The van der Waals surface area contributed by atoms with E-state index in [9.17, 15) is 0 Å². The first kappa shape index (κ1) is 5.92. The van der Waals surface area contributed by atoms with E-state index < -0.39 is 0 Å². The summed E-state index contributed by atoms with van der Waals surface area (Å²) in [7, 11) is 0. The van der Waals surface area contributed by atoms with Crippen molar-refractivity contribution in [3.63, 3.8) is 0 Å². The van der Waals surface area contributed by atoms with Crippen LogP contribution in [0.4, 0.5) is 0 Å². The smallest absolute Gasteiger partial charge is 0.0952 e. The van der Waals surface area contributed by atoms with Gasteiger partial charge in [-0.3, -0.25) is 0 Å². The Bertz CT molecular complexity index is 191. The molecule has 2 rings (SSSR count). The molecule has 2 heterocycles. The minimum atomic E-state index is 0.408. The van der Waals surface area contributed by atoms with Crippen LogP contribution in [0.2, 0.25) is 0 Å². The third-order valence-corrected chi connectivity index (χ3v) is 1.70. The number of hydrogen-bond acceptors (Lipinski definition) is 2. The molecule has 0 aromatic carbocycles. The Balaban J connectivity index is 1.90. The van der Waals surface area contributed by atoms with Gasteiger partial charge in [-0.25, -0.2) is 4.98 Å². The fourth-order valence-corrected chi connectivity index (χ4v) is 1.00. The predicted octanol–water partition coefficient (Wildman–Crippen LogP) is 0.472. The fraction of sp³-hybridized carbons (Fsp3) is 0.571. The highest BCUT2D eigenvalue weighted by molar-refractivity contribution is 4.75. The highest BCUT2D eigenvalue weighted by Gasteiger charge is 2.17. The summed E-state index contributed by atoms with van der Waals surface area (Å²) < 4.78 is 7.16. The monoisotopic (exact) mass is 137 g/mol. The maximum atomic E-state index is 5.24. The Labute approximate surface area is 59.6 Å². The van der Waals surface area contributed by atoms with Crippen molar-refractivity contribution in [2.24, 2.45) is 0 Å². The molecule has 0 spiro atoms. The van der Waals surface area contributed by atoms with E-state index >= 15 is 0 Å². The van der Waals surface area contributed by atoms with E-state index in [-0.39, 0.29) is 0 Å². The van der Waals surface area contributed by atoms with Gasteiger partial charge in [0.15, 0.2) is 0 Å². The second-order valence-corrected chi connectivity index (χ2v) is 2.46. The van der Waals surface area contributed by atoms with E-state index in [0.29, 0.717) is 6.10 Å². The number of rotatable bonds is 2. The third kappa shape index (κ3) is 1.04. The second-order valence-electron chi connectivity index (χ2n) is 2.46. The molecule has 1 saturated heterocycles. The van der Waals surface area contributed by atoms with Crippen molar-refractivity contribution in [2.75, 3.05) is 6.61 Å². The molecule has 1 atom stereocenters. The number of imidazole rings is 1. The molecule has 1 aliphatic rings. The predicted molar refractivity (Wildman–Crippen MR) is 35.4 cm³/mol. The Morgan fingerprint density at radius 3 is 3.20 bits per heavy atom. The zero-order chi connectivity index (χ0) is 6.81. The maximum absolute atomic E-state index is 5.24. The van der Waals surface area contributed by atoms with E-state index in [2.05, 4.69) is 11.2 Å². The van der Waals surface area contributed by atoms with Gasteiger partial charge in [0.1, 0.15) is 0 Å². The number of aromatic nitrogens is 2. The molecule has 3 nitrogen and oxygen atoms in total. The zero-order valence-corrected chi connectivity index (χ0v) is 5.66. The lowest BCUT2D eigenvalue weighted by Crippen LogP contribution is -2.30. The van der Waals surface area contributed by atoms with E-state index in [4.69, 9.17) is 4.74 Å². The topological polar surface area (TPSA) is 27.1 Å². The summed E-state index contributed by atoms with van der Waals surface area (Å²) in [6.45, 7) is 1.82. The van der Waals surface area contributed by atoms with Crippen molar-refractivity contribution in [1.82, 2.24) is 9.55 Å². The van der Waals surface area contributed by atoms with E-state index in [1.165, 1.54) is 6.42 Å². The molecule has 53 valence electrons. The summed E-state index contributed by atoms with van der Waals surface area (Å²) in [6, 6.07) is 0. The van der Waals surface area contributed by atoms with Gasteiger partial charge in [0.25, 0.3) is 0 Å². The third-order valence-electron chi connectivity index (χ3n) is 1.70. The highest BCUT2D eigenvalue weighted by Crippen LogP contribution is 2.12. The normalized spacial score (nSPS) is 24.2. The fourth-order valence-electron chi connectivity index (χ4n) is 1.00. The van der Waals surface area contributed by atoms with Crippen LogP contribution in [0.15, 0.2) is 12.5 Å². The first-order valence-corrected chi connectivity index (χ1v) is 3.44. The molecule has 1 fully saturated rings. The summed E-state index contributed by atoms with van der Waals surface area (Å²) in [5.74, 6) is 0. The summed E-state index contributed by atoms with van der Waals surface area (Å²) in [6.07, 6.45) is 7.97. The van der Waals surface area contributed by atoms with Gasteiger partial charge in [-0.15, -0.1) is 0 Å². The standard InChI is InChI=1S/C7H9N2O/c1-4-10-7(1)5-9-3-2-8-6-9/h2,6-7H,1,4-5H2. The molecule has 1 radical (unpaired) electrons. The van der Waals surface area contributed by atoms with Crippen molar-refractivity contribution < 1.29 is 4.74 Å². The molecule has 10 heavy (non-hydrogen) atoms.